The summed E-state index contributed by atoms with van der Waals surface area (Å²) in [5.74, 6) is 0. The van der Waals surface area contributed by atoms with Crippen LogP contribution >= 0.6 is 0 Å². The fourth-order valence-electron chi connectivity index (χ4n) is 3.31. The van der Waals surface area contributed by atoms with E-state index in [1.165, 1.54) is 36.2 Å². The van der Waals surface area contributed by atoms with Crippen LogP contribution in [-0.2, 0) is 13.0 Å². The summed E-state index contributed by atoms with van der Waals surface area (Å²) in [4.78, 5) is 4.92. The van der Waals surface area contributed by atoms with Crippen LogP contribution < -0.4 is 10.6 Å². The maximum Gasteiger partial charge on any atom is 0.0396 e. The first-order chi connectivity index (χ1) is 9.22. The zero-order chi connectivity index (χ0) is 13.2. The first kappa shape index (κ1) is 12.9. The lowest BCUT2D eigenvalue weighted by atomic mass is 9.99. The highest BCUT2D eigenvalue weighted by Gasteiger charge is 2.18. The molecule has 1 aromatic rings. The van der Waals surface area contributed by atoms with Crippen LogP contribution in [-0.4, -0.2) is 37.6 Å². The number of nitrogens with zero attached hydrogens (tertiary/aromatic N) is 2. The minimum Gasteiger partial charge on any atom is -0.374 e. The zero-order valence-corrected chi connectivity index (χ0v) is 11.9. The number of piperidine rings is 1. The Morgan fingerprint density at radius 3 is 2.79 bits per heavy atom. The number of hydrogen-bond acceptors (Lipinski definition) is 3. The van der Waals surface area contributed by atoms with Gasteiger partial charge in [-0.05, 0) is 56.0 Å². The third-order valence-corrected chi connectivity index (χ3v) is 4.53. The van der Waals surface area contributed by atoms with Crippen molar-refractivity contribution >= 4 is 5.69 Å². The summed E-state index contributed by atoms with van der Waals surface area (Å²) >= 11 is 0. The first-order valence-electron chi connectivity index (χ1n) is 7.53. The summed E-state index contributed by atoms with van der Waals surface area (Å²) < 4.78 is 0. The van der Waals surface area contributed by atoms with Crippen molar-refractivity contribution in [3.05, 3.63) is 29.3 Å². The number of fused-ring (bicyclic) bond motifs is 1. The van der Waals surface area contributed by atoms with Gasteiger partial charge in [0.2, 0.25) is 0 Å². The highest BCUT2D eigenvalue weighted by atomic mass is 15.1. The van der Waals surface area contributed by atoms with Gasteiger partial charge in [-0.3, -0.25) is 4.90 Å². The Morgan fingerprint density at radius 1 is 1.21 bits per heavy atom. The van der Waals surface area contributed by atoms with Crippen LogP contribution in [0.25, 0.3) is 0 Å². The van der Waals surface area contributed by atoms with Gasteiger partial charge in [0.05, 0.1) is 0 Å². The van der Waals surface area contributed by atoms with E-state index in [0.29, 0.717) is 6.04 Å². The summed E-state index contributed by atoms with van der Waals surface area (Å²) in [6, 6.07) is 7.45. The van der Waals surface area contributed by atoms with Crippen molar-refractivity contribution in [1.29, 1.82) is 0 Å². The number of hydrogen-bond donors (Lipinski definition) is 1. The zero-order valence-electron chi connectivity index (χ0n) is 11.9. The quantitative estimate of drug-likeness (QED) is 0.881. The standard InChI is InChI=1S/C16H25N3/c1-18-8-2-3-14-11-13(4-5-16(14)18)12-19-9-6-15(17)7-10-19/h4-5,11,15H,2-3,6-10,12,17H2,1H3. The van der Waals surface area contributed by atoms with Gasteiger partial charge in [-0.15, -0.1) is 0 Å². The fraction of sp³-hybridized carbons (Fsp3) is 0.625. The monoisotopic (exact) mass is 259 g/mol. The molecule has 3 rings (SSSR count). The number of benzene rings is 1. The van der Waals surface area contributed by atoms with E-state index in [0.717, 1.165) is 32.5 Å². The molecule has 1 fully saturated rings. The number of likely N-dealkylation sites (tertiary alicyclic amines) is 1. The third kappa shape index (κ3) is 2.93. The Morgan fingerprint density at radius 2 is 2.00 bits per heavy atom. The van der Waals surface area contributed by atoms with E-state index in [2.05, 4.69) is 35.0 Å². The van der Waals surface area contributed by atoms with Crippen LogP contribution in [0, 0.1) is 0 Å². The Balaban J connectivity index is 1.68. The van der Waals surface area contributed by atoms with Crippen LogP contribution in [0.1, 0.15) is 30.4 Å². The number of aryl methyl sites for hydroxylation is 1. The predicted octanol–water partition coefficient (Wildman–Crippen LogP) is 1.99. The van der Waals surface area contributed by atoms with E-state index in [9.17, 15) is 0 Å². The molecule has 0 aliphatic carbocycles. The molecule has 0 radical (unpaired) electrons. The molecule has 0 atom stereocenters. The van der Waals surface area contributed by atoms with E-state index in [1.54, 1.807) is 0 Å². The molecular weight excluding hydrogens is 234 g/mol. The molecule has 3 heteroatoms. The highest BCUT2D eigenvalue weighted by molar-refractivity contribution is 5.56. The maximum absolute atomic E-state index is 5.96. The SMILES string of the molecule is CN1CCCc2cc(CN3CCC(N)CC3)ccc21. The molecule has 0 unspecified atom stereocenters. The molecule has 19 heavy (non-hydrogen) atoms. The molecule has 0 aromatic heterocycles. The van der Waals surface area contributed by atoms with Crippen molar-refractivity contribution in [2.75, 3.05) is 31.6 Å². The topological polar surface area (TPSA) is 32.5 Å². The normalized spacial score (nSPS) is 21.5. The van der Waals surface area contributed by atoms with Gasteiger partial charge in [-0.25, -0.2) is 0 Å². The molecule has 0 amide bonds. The third-order valence-electron chi connectivity index (χ3n) is 4.53. The second-order valence-electron chi connectivity index (χ2n) is 6.10. The minimum atomic E-state index is 0.424. The number of nitrogens with two attached hydrogens (primary N) is 1. The second-order valence-corrected chi connectivity index (χ2v) is 6.10. The summed E-state index contributed by atoms with van der Waals surface area (Å²) in [6.07, 6.45) is 4.81. The Hall–Kier alpha value is -1.06. The molecule has 2 aliphatic heterocycles. The molecule has 1 saturated heterocycles. The molecule has 0 bridgehead atoms. The molecule has 0 spiro atoms. The van der Waals surface area contributed by atoms with Gasteiger partial charge in [-0.1, -0.05) is 12.1 Å². The first-order valence-corrected chi connectivity index (χ1v) is 7.53. The molecule has 2 heterocycles. The molecule has 104 valence electrons. The van der Waals surface area contributed by atoms with Gasteiger partial charge in [0.15, 0.2) is 0 Å². The minimum absolute atomic E-state index is 0.424. The van der Waals surface area contributed by atoms with Crippen LogP contribution in [0.15, 0.2) is 18.2 Å². The molecule has 2 N–H and O–H groups in total. The molecule has 3 nitrogen and oxygen atoms in total. The maximum atomic E-state index is 5.96. The van der Waals surface area contributed by atoms with Gasteiger partial charge >= 0.3 is 0 Å². The Labute approximate surface area is 116 Å². The molecule has 1 aromatic carbocycles. The van der Waals surface area contributed by atoms with Crippen LogP contribution in [0.2, 0.25) is 0 Å². The largest absolute Gasteiger partial charge is 0.374 e. The molecule has 2 aliphatic rings. The summed E-state index contributed by atoms with van der Waals surface area (Å²) in [7, 11) is 2.20. The molecular formula is C16H25N3. The smallest absolute Gasteiger partial charge is 0.0396 e. The van der Waals surface area contributed by atoms with E-state index in [-0.39, 0.29) is 0 Å². The summed E-state index contributed by atoms with van der Waals surface area (Å²) in [5.41, 5.74) is 10.4. The van der Waals surface area contributed by atoms with Crippen molar-refractivity contribution < 1.29 is 0 Å². The lowest BCUT2D eigenvalue weighted by Crippen LogP contribution is -2.39. The van der Waals surface area contributed by atoms with Crippen LogP contribution in [0.5, 0.6) is 0 Å². The second kappa shape index (κ2) is 5.51. The average molecular weight is 259 g/mol. The van der Waals surface area contributed by atoms with E-state index in [1.807, 2.05) is 0 Å². The van der Waals surface area contributed by atoms with Crippen molar-refractivity contribution in [1.82, 2.24) is 4.90 Å². The number of anilines is 1. The Bertz CT molecular complexity index is 436. The van der Waals surface area contributed by atoms with Gasteiger partial charge in [0.1, 0.15) is 0 Å². The van der Waals surface area contributed by atoms with Crippen LogP contribution in [0.3, 0.4) is 0 Å². The van der Waals surface area contributed by atoms with Gasteiger partial charge < -0.3 is 10.6 Å². The average Bonchev–Trinajstić information content (AvgIpc) is 2.42. The van der Waals surface area contributed by atoms with E-state index in [4.69, 9.17) is 5.73 Å². The van der Waals surface area contributed by atoms with Gasteiger partial charge in [-0.2, -0.15) is 0 Å². The Kier molecular flexibility index (Phi) is 3.76. The fourth-order valence-corrected chi connectivity index (χ4v) is 3.31. The van der Waals surface area contributed by atoms with E-state index >= 15 is 0 Å². The summed E-state index contributed by atoms with van der Waals surface area (Å²) in [5, 5.41) is 0. The number of rotatable bonds is 2. The van der Waals surface area contributed by atoms with E-state index < -0.39 is 0 Å². The van der Waals surface area contributed by atoms with Gasteiger partial charge in [0, 0.05) is 31.9 Å². The lowest BCUT2D eigenvalue weighted by molar-refractivity contribution is 0.205. The van der Waals surface area contributed by atoms with Crippen molar-refractivity contribution in [2.24, 2.45) is 5.73 Å². The van der Waals surface area contributed by atoms with Gasteiger partial charge in [0.25, 0.3) is 0 Å². The lowest BCUT2D eigenvalue weighted by Gasteiger charge is -2.31. The van der Waals surface area contributed by atoms with Crippen molar-refractivity contribution in [3.63, 3.8) is 0 Å². The predicted molar refractivity (Wildman–Crippen MR) is 80.5 cm³/mol. The van der Waals surface area contributed by atoms with Crippen molar-refractivity contribution in [3.8, 4) is 0 Å². The summed E-state index contributed by atoms with van der Waals surface area (Å²) in [6.45, 7) is 4.58. The molecule has 0 saturated carbocycles. The van der Waals surface area contributed by atoms with Crippen LogP contribution in [0.4, 0.5) is 5.69 Å². The van der Waals surface area contributed by atoms with Crippen molar-refractivity contribution in [2.45, 2.75) is 38.3 Å². The highest BCUT2D eigenvalue weighted by Crippen LogP contribution is 2.27.